The highest BCUT2D eigenvalue weighted by atomic mass is 32.1. The van der Waals surface area contributed by atoms with Crippen molar-refractivity contribution >= 4 is 22.9 Å². The Labute approximate surface area is 122 Å². The molecule has 2 heterocycles. The third-order valence-electron chi connectivity index (χ3n) is 3.63. The fourth-order valence-corrected chi connectivity index (χ4v) is 3.09. The van der Waals surface area contributed by atoms with Gasteiger partial charge in [0.15, 0.2) is 0 Å². The van der Waals surface area contributed by atoms with Crippen molar-refractivity contribution in [3.05, 3.63) is 33.8 Å². The molecule has 106 valence electrons. The molecular weight excluding hydrogens is 272 g/mol. The Morgan fingerprint density at radius 1 is 1.60 bits per heavy atom. The summed E-state index contributed by atoms with van der Waals surface area (Å²) in [5.74, 6) is -0.0125. The van der Waals surface area contributed by atoms with Crippen molar-refractivity contribution < 1.29 is 4.79 Å². The van der Waals surface area contributed by atoms with Gasteiger partial charge in [-0.05, 0) is 31.2 Å². The fraction of sp³-hybridized carbons (Fsp3) is 0.429. The average molecular weight is 290 g/mol. The summed E-state index contributed by atoms with van der Waals surface area (Å²) in [6, 6.07) is 4.42. The van der Waals surface area contributed by atoms with Gasteiger partial charge in [0, 0.05) is 18.0 Å². The van der Waals surface area contributed by atoms with E-state index in [9.17, 15) is 4.79 Å². The van der Waals surface area contributed by atoms with E-state index >= 15 is 0 Å². The van der Waals surface area contributed by atoms with E-state index < -0.39 is 0 Å². The van der Waals surface area contributed by atoms with E-state index in [1.165, 1.54) is 4.88 Å². The van der Waals surface area contributed by atoms with E-state index in [4.69, 9.17) is 5.73 Å². The molecule has 0 radical (unpaired) electrons. The Morgan fingerprint density at radius 2 is 2.35 bits per heavy atom. The number of aryl methyl sites for hydroxylation is 2. The second-order valence-electron chi connectivity index (χ2n) is 5.21. The van der Waals surface area contributed by atoms with Gasteiger partial charge in [0.25, 0.3) is 5.91 Å². The van der Waals surface area contributed by atoms with Crippen molar-refractivity contribution in [2.24, 2.45) is 7.05 Å². The molecule has 0 bridgehead atoms. The van der Waals surface area contributed by atoms with Gasteiger partial charge in [-0.25, -0.2) is 0 Å². The molecule has 0 spiro atoms. The minimum absolute atomic E-state index is 0.0125. The summed E-state index contributed by atoms with van der Waals surface area (Å²) in [6.45, 7) is 2.48. The van der Waals surface area contributed by atoms with Gasteiger partial charge < -0.3 is 10.6 Å². The summed E-state index contributed by atoms with van der Waals surface area (Å²) in [5, 5.41) is 6.27. The second-order valence-corrected chi connectivity index (χ2v) is 6.25. The van der Waals surface area contributed by atoms with E-state index in [1.54, 1.807) is 23.1 Å². The normalized spacial score (nSPS) is 14.5. The molecule has 0 atom stereocenters. The maximum Gasteiger partial charge on any atom is 0.274 e. The van der Waals surface area contributed by atoms with Crippen molar-refractivity contribution in [3.8, 4) is 0 Å². The van der Waals surface area contributed by atoms with Crippen molar-refractivity contribution in [3.63, 3.8) is 0 Å². The molecule has 6 heteroatoms. The van der Waals surface area contributed by atoms with Gasteiger partial charge >= 0.3 is 0 Å². The summed E-state index contributed by atoms with van der Waals surface area (Å²) in [4.78, 5) is 15.9. The molecule has 1 aliphatic rings. The summed E-state index contributed by atoms with van der Waals surface area (Å²) >= 11 is 1.68. The number of carbonyl (C=O) groups excluding carboxylic acids is 1. The molecule has 0 saturated heterocycles. The topological polar surface area (TPSA) is 64.2 Å². The van der Waals surface area contributed by atoms with Crippen molar-refractivity contribution in [2.45, 2.75) is 32.4 Å². The van der Waals surface area contributed by atoms with Gasteiger partial charge in [-0.2, -0.15) is 5.10 Å². The Morgan fingerprint density at radius 3 is 2.85 bits per heavy atom. The summed E-state index contributed by atoms with van der Waals surface area (Å²) in [5.41, 5.74) is 7.72. The van der Waals surface area contributed by atoms with Gasteiger partial charge in [-0.1, -0.05) is 6.07 Å². The highest BCUT2D eigenvalue weighted by molar-refractivity contribution is 7.09. The van der Waals surface area contributed by atoms with Crippen LogP contribution in [-0.4, -0.2) is 26.6 Å². The number of amides is 1. The van der Waals surface area contributed by atoms with Crippen LogP contribution >= 0.6 is 11.3 Å². The number of hydrogen-bond donors (Lipinski definition) is 1. The standard InChI is InChI=1S/C14H18N4OS/c1-9-12(15)13(17(2)16-9)14(19)18(10-5-6-10)8-11-4-3-7-20-11/h3-4,7,10H,5-6,8,15H2,1-2H3. The zero-order valence-electron chi connectivity index (χ0n) is 11.7. The number of nitrogen functional groups attached to an aromatic ring is 1. The van der Waals surface area contributed by atoms with Crippen LogP contribution in [0.5, 0.6) is 0 Å². The van der Waals surface area contributed by atoms with E-state index in [1.807, 2.05) is 23.3 Å². The number of nitrogens with zero attached hydrogens (tertiary/aromatic N) is 3. The van der Waals surface area contributed by atoms with E-state index in [2.05, 4.69) is 11.2 Å². The van der Waals surface area contributed by atoms with Crippen LogP contribution in [0.3, 0.4) is 0 Å². The SMILES string of the molecule is Cc1nn(C)c(C(=O)N(Cc2cccs2)C2CC2)c1N. The molecular formula is C14H18N4OS. The van der Waals surface area contributed by atoms with Gasteiger partial charge in [-0.3, -0.25) is 9.48 Å². The first-order valence-corrected chi connectivity index (χ1v) is 7.58. The summed E-state index contributed by atoms with van der Waals surface area (Å²) < 4.78 is 1.59. The quantitative estimate of drug-likeness (QED) is 0.938. The van der Waals surface area contributed by atoms with E-state index in [0.29, 0.717) is 29.7 Å². The number of aromatic nitrogens is 2. The van der Waals surface area contributed by atoms with Crippen LogP contribution in [0.25, 0.3) is 0 Å². The van der Waals surface area contributed by atoms with Crippen LogP contribution in [0.15, 0.2) is 17.5 Å². The number of nitrogens with two attached hydrogens (primary N) is 1. The maximum atomic E-state index is 12.8. The smallest absolute Gasteiger partial charge is 0.274 e. The van der Waals surface area contributed by atoms with Crippen LogP contribution in [-0.2, 0) is 13.6 Å². The van der Waals surface area contributed by atoms with Crippen LogP contribution in [0.2, 0.25) is 0 Å². The third-order valence-corrected chi connectivity index (χ3v) is 4.49. The third kappa shape index (κ3) is 2.31. The lowest BCUT2D eigenvalue weighted by atomic mass is 10.2. The minimum Gasteiger partial charge on any atom is -0.395 e. The molecule has 20 heavy (non-hydrogen) atoms. The fourth-order valence-electron chi connectivity index (χ4n) is 2.39. The van der Waals surface area contributed by atoms with Gasteiger partial charge in [0.1, 0.15) is 5.69 Å². The number of rotatable bonds is 4. The summed E-state index contributed by atoms with van der Waals surface area (Å²) in [7, 11) is 1.77. The largest absolute Gasteiger partial charge is 0.395 e. The van der Waals surface area contributed by atoms with Crippen LogP contribution in [0.1, 0.15) is 33.9 Å². The first-order valence-electron chi connectivity index (χ1n) is 6.70. The molecule has 0 aromatic carbocycles. The van der Waals surface area contributed by atoms with Crippen LogP contribution in [0.4, 0.5) is 5.69 Å². The van der Waals surface area contributed by atoms with Crippen molar-refractivity contribution in [1.82, 2.24) is 14.7 Å². The number of hydrogen-bond acceptors (Lipinski definition) is 4. The average Bonchev–Trinajstić information content (AvgIpc) is 3.05. The molecule has 2 aromatic heterocycles. The van der Waals surface area contributed by atoms with Gasteiger partial charge in [-0.15, -0.1) is 11.3 Å². The van der Waals surface area contributed by atoms with Gasteiger partial charge in [0.2, 0.25) is 0 Å². The molecule has 1 amide bonds. The number of thiophene rings is 1. The van der Waals surface area contributed by atoms with Crippen molar-refractivity contribution in [2.75, 3.05) is 5.73 Å². The maximum absolute atomic E-state index is 12.8. The molecule has 2 N–H and O–H groups in total. The van der Waals surface area contributed by atoms with Crippen LogP contribution < -0.4 is 5.73 Å². The Bertz CT molecular complexity index is 628. The zero-order valence-corrected chi connectivity index (χ0v) is 12.5. The minimum atomic E-state index is -0.0125. The van der Waals surface area contributed by atoms with Crippen LogP contribution in [0, 0.1) is 6.92 Å². The van der Waals surface area contributed by atoms with Crippen molar-refractivity contribution in [1.29, 1.82) is 0 Å². The van der Waals surface area contributed by atoms with E-state index in [0.717, 1.165) is 12.8 Å². The molecule has 0 aliphatic heterocycles. The first kappa shape index (κ1) is 13.2. The number of carbonyl (C=O) groups is 1. The number of anilines is 1. The Balaban J connectivity index is 1.89. The second kappa shape index (κ2) is 4.94. The highest BCUT2D eigenvalue weighted by Crippen LogP contribution is 2.31. The lowest BCUT2D eigenvalue weighted by molar-refractivity contribution is 0.0721. The van der Waals surface area contributed by atoms with E-state index in [-0.39, 0.29) is 5.91 Å². The lowest BCUT2D eigenvalue weighted by Gasteiger charge is -2.22. The molecule has 0 unspecified atom stereocenters. The first-order chi connectivity index (χ1) is 9.58. The predicted molar refractivity (Wildman–Crippen MR) is 79.6 cm³/mol. The molecule has 2 aromatic rings. The lowest BCUT2D eigenvalue weighted by Crippen LogP contribution is -2.34. The predicted octanol–water partition coefficient (Wildman–Crippen LogP) is 2.18. The molecule has 1 fully saturated rings. The summed E-state index contributed by atoms with van der Waals surface area (Å²) in [6.07, 6.45) is 2.15. The molecule has 1 saturated carbocycles. The Hall–Kier alpha value is -1.82. The Kier molecular flexibility index (Phi) is 3.25. The highest BCUT2D eigenvalue weighted by Gasteiger charge is 2.35. The van der Waals surface area contributed by atoms with Gasteiger partial charge in [0.05, 0.1) is 17.9 Å². The zero-order chi connectivity index (χ0) is 14.3. The molecule has 1 aliphatic carbocycles. The molecule has 5 nitrogen and oxygen atoms in total. The molecule has 3 rings (SSSR count). The monoisotopic (exact) mass is 290 g/mol.